The summed E-state index contributed by atoms with van der Waals surface area (Å²) < 4.78 is 38.6. The van der Waals surface area contributed by atoms with Gasteiger partial charge in [0.15, 0.2) is 0 Å². The van der Waals surface area contributed by atoms with Crippen molar-refractivity contribution in [3.63, 3.8) is 0 Å². The fraction of sp³-hybridized carbons (Fsp3) is 0.643. The number of aromatic nitrogens is 1. The van der Waals surface area contributed by atoms with Crippen LogP contribution in [0.4, 0.5) is 24.8 Å². The van der Waals surface area contributed by atoms with Gasteiger partial charge in [0.2, 0.25) is 0 Å². The number of anilines is 2. The zero-order valence-electron chi connectivity index (χ0n) is 12.0. The number of alkyl halides is 3. The summed E-state index contributed by atoms with van der Waals surface area (Å²) in [5, 5.41) is 3.09. The first-order chi connectivity index (χ1) is 9.90. The lowest BCUT2D eigenvalue weighted by atomic mass is 9.84. The van der Waals surface area contributed by atoms with E-state index in [0.29, 0.717) is 5.92 Å². The number of halogens is 3. The Labute approximate surface area is 122 Å². The Hall–Kier alpha value is -1.50. The van der Waals surface area contributed by atoms with Crippen LogP contribution in [-0.2, 0) is 6.18 Å². The van der Waals surface area contributed by atoms with Crippen LogP contribution in [0.25, 0.3) is 0 Å². The topological polar surface area (TPSA) is 63.0 Å². The van der Waals surface area contributed by atoms with E-state index in [0.717, 1.165) is 25.0 Å². The molecule has 21 heavy (non-hydrogen) atoms. The standard InChI is InChI=1S/C14H21F3N4/c1-9(10-5-3-2-4-6-10)19-12-7-11(14(15,16)17)8-13(20-12)21-18/h7-10H,2-6,18H2,1H3,(H2,19,20,21). The van der Waals surface area contributed by atoms with Crippen molar-refractivity contribution in [2.45, 2.75) is 51.2 Å². The summed E-state index contributed by atoms with van der Waals surface area (Å²) in [6.07, 6.45) is 1.40. The molecule has 0 saturated heterocycles. The van der Waals surface area contributed by atoms with E-state index in [-0.39, 0.29) is 17.7 Å². The Kier molecular flexibility index (Phi) is 4.92. The van der Waals surface area contributed by atoms with Crippen molar-refractivity contribution in [3.8, 4) is 0 Å². The number of nitrogens with two attached hydrogens (primary N) is 1. The Morgan fingerprint density at radius 2 is 1.81 bits per heavy atom. The minimum absolute atomic E-state index is 0.00293. The number of rotatable bonds is 4. The van der Waals surface area contributed by atoms with Gasteiger partial charge in [0.1, 0.15) is 11.6 Å². The second kappa shape index (κ2) is 6.51. The smallest absolute Gasteiger partial charge is 0.367 e. The van der Waals surface area contributed by atoms with E-state index in [1.54, 1.807) is 0 Å². The summed E-state index contributed by atoms with van der Waals surface area (Å²) in [7, 11) is 0. The van der Waals surface area contributed by atoms with Gasteiger partial charge in [-0.25, -0.2) is 10.8 Å². The summed E-state index contributed by atoms with van der Waals surface area (Å²) in [5.41, 5.74) is 1.42. The van der Waals surface area contributed by atoms with Crippen LogP contribution < -0.4 is 16.6 Å². The molecule has 1 aliphatic rings. The Morgan fingerprint density at radius 1 is 1.19 bits per heavy atom. The van der Waals surface area contributed by atoms with Crippen molar-refractivity contribution in [2.24, 2.45) is 11.8 Å². The van der Waals surface area contributed by atoms with Gasteiger partial charge in [-0.2, -0.15) is 13.2 Å². The molecule has 7 heteroatoms. The lowest BCUT2D eigenvalue weighted by Gasteiger charge is -2.28. The zero-order chi connectivity index (χ0) is 15.5. The number of pyridine rings is 1. The molecule has 0 radical (unpaired) electrons. The summed E-state index contributed by atoms with van der Waals surface area (Å²) in [5.74, 6) is 5.88. The van der Waals surface area contributed by atoms with Crippen molar-refractivity contribution >= 4 is 11.6 Å². The summed E-state index contributed by atoms with van der Waals surface area (Å²) >= 11 is 0. The maximum atomic E-state index is 12.9. The Morgan fingerprint density at radius 3 is 2.38 bits per heavy atom. The molecule has 118 valence electrons. The van der Waals surface area contributed by atoms with E-state index in [4.69, 9.17) is 5.84 Å². The molecule has 0 aromatic carbocycles. The second-order valence-corrected chi connectivity index (χ2v) is 5.60. The lowest BCUT2D eigenvalue weighted by molar-refractivity contribution is -0.137. The van der Waals surface area contributed by atoms with Crippen LogP contribution in [0.15, 0.2) is 12.1 Å². The van der Waals surface area contributed by atoms with Gasteiger partial charge in [-0.15, -0.1) is 0 Å². The number of hydrogen-bond donors (Lipinski definition) is 3. The molecule has 1 atom stereocenters. The molecule has 0 aliphatic heterocycles. The summed E-state index contributed by atoms with van der Waals surface area (Å²) in [4.78, 5) is 4.05. The van der Waals surface area contributed by atoms with Gasteiger partial charge >= 0.3 is 6.18 Å². The number of nitrogens with one attached hydrogen (secondary N) is 2. The third-order valence-corrected chi connectivity index (χ3v) is 4.03. The molecule has 0 bridgehead atoms. The molecule has 4 N–H and O–H groups in total. The fourth-order valence-electron chi connectivity index (χ4n) is 2.83. The highest BCUT2D eigenvalue weighted by Crippen LogP contribution is 2.33. The first-order valence-electron chi connectivity index (χ1n) is 7.22. The molecular formula is C14H21F3N4. The van der Waals surface area contributed by atoms with Crippen LogP contribution in [-0.4, -0.2) is 11.0 Å². The largest absolute Gasteiger partial charge is 0.416 e. The first-order valence-corrected chi connectivity index (χ1v) is 7.22. The molecule has 1 heterocycles. The van der Waals surface area contributed by atoms with E-state index in [9.17, 15) is 13.2 Å². The van der Waals surface area contributed by atoms with Crippen molar-refractivity contribution < 1.29 is 13.2 Å². The zero-order valence-corrected chi connectivity index (χ0v) is 12.0. The molecular weight excluding hydrogens is 281 g/mol. The summed E-state index contributed by atoms with van der Waals surface area (Å²) in [6, 6.07) is 2.02. The highest BCUT2D eigenvalue weighted by Gasteiger charge is 2.32. The monoisotopic (exact) mass is 302 g/mol. The normalized spacial score (nSPS) is 18.3. The molecule has 0 amide bonds. The Balaban J connectivity index is 2.14. The van der Waals surface area contributed by atoms with Crippen molar-refractivity contribution in [2.75, 3.05) is 10.7 Å². The van der Waals surface area contributed by atoms with Crippen LogP contribution in [0.5, 0.6) is 0 Å². The van der Waals surface area contributed by atoms with Gasteiger partial charge < -0.3 is 10.7 Å². The molecule has 1 unspecified atom stereocenters. The van der Waals surface area contributed by atoms with Crippen molar-refractivity contribution in [1.82, 2.24) is 4.98 Å². The minimum atomic E-state index is -4.42. The first kappa shape index (κ1) is 15.9. The van der Waals surface area contributed by atoms with Gasteiger partial charge in [-0.3, -0.25) is 0 Å². The van der Waals surface area contributed by atoms with Gasteiger partial charge in [0, 0.05) is 6.04 Å². The molecule has 2 rings (SSSR count). The fourth-order valence-corrected chi connectivity index (χ4v) is 2.83. The van der Waals surface area contributed by atoms with Gasteiger partial charge in [-0.1, -0.05) is 19.3 Å². The average Bonchev–Trinajstić information content (AvgIpc) is 2.46. The van der Waals surface area contributed by atoms with E-state index in [1.807, 2.05) is 6.92 Å². The SMILES string of the molecule is CC(Nc1cc(C(F)(F)F)cc(NN)n1)C1CCCCC1. The van der Waals surface area contributed by atoms with Crippen molar-refractivity contribution in [1.29, 1.82) is 0 Å². The van der Waals surface area contributed by atoms with Crippen LogP contribution in [0.2, 0.25) is 0 Å². The maximum Gasteiger partial charge on any atom is 0.416 e. The quantitative estimate of drug-likeness (QED) is 0.585. The predicted octanol–water partition coefficient (Wildman–Crippen LogP) is 3.77. The molecule has 1 fully saturated rings. The number of hydrogen-bond acceptors (Lipinski definition) is 4. The molecule has 1 aromatic rings. The van der Waals surface area contributed by atoms with Crippen molar-refractivity contribution in [3.05, 3.63) is 17.7 Å². The lowest BCUT2D eigenvalue weighted by Crippen LogP contribution is -2.28. The molecule has 1 aliphatic carbocycles. The Bertz CT molecular complexity index is 470. The van der Waals surface area contributed by atoms with Crippen LogP contribution in [0, 0.1) is 5.92 Å². The van der Waals surface area contributed by atoms with Crippen LogP contribution in [0.1, 0.15) is 44.6 Å². The number of nitrogen functional groups attached to an aromatic ring is 1. The van der Waals surface area contributed by atoms with Gasteiger partial charge in [0.25, 0.3) is 0 Å². The molecule has 4 nitrogen and oxygen atoms in total. The third-order valence-electron chi connectivity index (χ3n) is 4.03. The van der Waals surface area contributed by atoms with E-state index in [2.05, 4.69) is 15.7 Å². The minimum Gasteiger partial charge on any atom is -0.367 e. The van der Waals surface area contributed by atoms with E-state index >= 15 is 0 Å². The van der Waals surface area contributed by atoms with E-state index in [1.165, 1.54) is 19.3 Å². The van der Waals surface area contributed by atoms with Gasteiger partial charge in [-0.05, 0) is 37.8 Å². The van der Waals surface area contributed by atoms with Crippen LogP contribution in [0.3, 0.4) is 0 Å². The average molecular weight is 302 g/mol. The third kappa shape index (κ3) is 4.23. The molecule has 0 spiro atoms. The van der Waals surface area contributed by atoms with Gasteiger partial charge in [0.05, 0.1) is 5.56 Å². The predicted molar refractivity (Wildman–Crippen MR) is 76.7 cm³/mol. The number of nitrogens with zero attached hydrogens (tertiary/aromatic N) is 1. The molecule has 1 aromatic heterocycles. The molecule has 1 saturated carbocycles. The highest BCUT2D eigenvalue weighted by molar-refractivity contribution is 5.49. The maximum absolute atomic E-state index is 12.9. The summed E-state index contributed by atoms with van der Waals surface area (Å²) in [6.45, 7) is 1.99. The van der Waals surface area contributed by atoms with E-state index < -0.39 is 11.7 Å². The highest BCUT2D eigenvalue weighted by atomic mass is 19.4. The number of hydrazine groups is 1. The van der Waals surface area contributed by atoms with Crippen LogP contribution >= 0.6 is 0 Å². The second-order valence-electron chi connectivity index (χ2n) is 5.60.